The van der Waals surface area contributed by atoms with E-state index in [1.54, 1.807) is 36.9 Å². The predicted octanol–water partition coefficient (Wildman–Crippen LogP) is 1.71. The molecule has 0 aliphatic rings. The largest absolute Gasteiger partial charge is 0.385 e. The van der Waals surface area contributed by atoms with Gasteiger partial charge in [-0.05, 0) is 25.1 Å². The first-order valence-corrected chi connectivity index (χ1v) is 6.72. The van der Waals surface area contributed by atoms with Gasteiger partial charge in [-0.3, -0.25) is 14.9 Å². The molecule has 22 heavy (non-hydrogen) atoms. The van der Waals surface area contributed by atoms with E-state index >= 15 is 0 Å². The van der Waals surface area contributed by atoms with E-state index in [1.807, 2.05) is 0 Å². The van der Waals surface area contributed by atoms with Crippen LogP contribution < -0.4 is 5.32 Å². The standard InChI is InChI=1S/C15H17N3O4/c1-10-5-6-11(8-13(10)18(21)22)15(20)16-9-14(19)12-4-3-7-17(12)2/h3-8,14,19H,9H2,1-2H3,(H,16,20). The van der Waals surface area contributed by atoms with Crippen molar-refractivity contribution in [3.8, 4) is 0 Å². The van der Waals surface area contributed by atoms with Crippen molar-refractivity contribution in [2.45, 2.75) is 13.0 Å². The maximum absolute atomic E-state index is 12.0. The Morgan fingerprint density at radius 2 is 2.18 bits per heavy atom. The number of aromatic nitrogens is 1. The molecule has 0 radical (unpaired) electrons. The van der Waals surface area contributed by atoms with Gasteiger partial charge in [0.15, 0.2) is 0 Å². The van der Waals surface area contributed by atoms with Gasteiger partial charge in [0.1, 0.15) is 6.10 Å². The van der Waals surface area contributed by atoms with Gasteiger partial charge in [0.05, 0.1) is 4.92 Å². The molecule has 2 aromatic rings. The van der Waals surface area contributed by atoms with Gasteiger partial charge in [-0.15, -0.1) is 0 Å². The molecule has 1 atom stereocenters. The number of nitrogens with zero attached hydrogens (tertiary/aromatic N) is 2. The fraction of sp³-hybridized carbons (Fsp3) is 0.267. The average Bonchev–Trinajstić information content (AvgIpc) is 2.90. The van der Waals surface area contributed by atoms with Crippen LogP contribution in [0, 0.1) is 17.0 Å². The molecule has 7 nitrogen and oxygen atoms in total. The Hall–Kier alpha value is -2.67. The number of aliphatic hydroxyl groups is 1. The quantitative estimate of drug-likeness (QED) is 0.649. The number of aryl methyl sites for hydroxylation is 2. The van der Waals surface area contributed by atoms with Crippen LogP contribution in [0.3, 0.4) is 0 Å². The fourth-order valence-corrected chi connectivity index (χ4v) is 2.16. The van der Waals surface area contributed by atoms with Crippen LogP contribution in [0.15, 0.2) is 36.5 Å². The lowest BCUT2D eigenvalue weighted by Gasteiger charge is -2.13. The molecule has 0 aliphatic carbocycles. The molecular formula is C15H17N3O4. The van der Waals surface area contributed by atoms with E-state index in [2.05, 4.69) is 5.32 Å². The number of aliphatic hydroxyl groups excluding tert-OH is 1. The predicted molar refractivity (Wildman–Crippen MR) is 80.5 cm³/mol. The van der Waals surface area contributed by atoms with Gasteiger partial charge in [-0.1, -0.05) is 6.07 Å². The van der Waals surface area contributed by atoms with Gasteiger partial charge in [0.2, 0.25) is 0 Å². The summed E-state index contributed by atoms with van der Waals surface area (Å²) in [5.41, 5.74) is 1.26. The first-order chi connectivity index (χ1) is 10.4. The van der Waals surface area contributed by atoms with E-state index in [0.717, 1.165) is 0 Å². The molecule has 1 aromatic carbocycles. The Balaban J connectivity index is 2.05. The summed E-state index contributed by atoms with van der Waals surface area (Å²) in [7, 11) is 1.80. The van der Waals surface area contributed by atoms with Crippen LogP contribution in [0.5, 0.6) is 0 Å². The van der Waals surface area contributed by atoms with Crippen molar-refractivity contribution < 1.29 is 14.8 Å². The SMILES string of the molecule is Cc1ccc(C(=O)NCC(O)c2cccn2C)cc1[N+](=O)[O-]. The summed E-state index contributed by atoms with van der Waals surface area (Å²) < 4.78 is 1.76. The Morgan fingerprint density at radius 3 is 2.77 bits per heavy atom. The van der Waals surface area contributed by atoms with Crippen molar-refractivity contribution in [1.29, 1.82) is 0 Å². The van der Waals surface area contributed by atoms with Gasteiger partial charge < -0.3 is 15.0 Å². The highest BCUT2D eigenvalue weighted by atomic mass is 16.6. The van der Waals surface area contributed by atoms with Crippen LogP contribution in [0.2, 0.25) is 0 Å². The van der Waals surface area contributed by atoms with E-state index < -0.39 is 16.9 Å². The number of nitrogens with one attached hydrogen (secondary N) is 1. The van der Waals surface area contributed by atoms with E-state index in [1.165, 1.54) is 18.2 Å². The molecule has 2 rings (SSSR count). The van der Waals surface area contributed by atoms with E-state index in [9.17, 15) is 20.0 Å². The van der Waals surface area contributed by atoms with Gasteiger partial charge in [0, 0.05) is 42.7 Å². The third kappa shape index (κ3) is 3.32. The second-order valence-electron chi connectivity index (χ2n) is 5.03. The summed E-state index contributed by atoms with van der Waals surface area (Å²) in [6, 6.07) is 7.84. The number of hydrogen-bond acceptors (Lipinski definition) is 4. The number of carbonyl (C=O) groups is 1. The molecule has 1 aromatic heterocycles. The lowest BCUT2D eigenvalue weighted by Crippen LogP contribution is -2.29. The molecule has 2 N–H and O–H groups in total. The van der Waals surface area contributed by atoms with Crippen molar-refractivity contribution >= 4 is 11.6 Å². The Morgan fingerprint density at radius 1 is 1.45 bits per heavy atom. The molecule has 0 bridgehead atoms. The molecule has 0 spiro atoms. The summed E-state index contributed by atoms with van der Waals surface area (Å²) >= 11 is 0. The smallest absolute Gasteiger partial charge is 0.273 e. The fourth-order valence-electron chi connectivity index (χ4n) is 2.16. The van der Waals surface area contributed by atoms with Crippen molar-refractivity contribution in [1.82, 2.24) is 9.88 Å². The number of rotatable bonds is 5. The third-order valence-electron chi connectivity index (χ3n) is 3.45. The second kappa shape index (κ2) is 6.40. The molecule has 1 unspecified atom stereocenters. The molecule has 0 saturated carbocycles. The minimum atomic E-state index is -0.843. The lowest BCUT2D eigenvalue weighted by molar-refractivity contribution is -0.385. The summed E-state index contributed by atoms with van der Waals surface area (Å²) in [4.78, 5) is 22.4. The second-order valence-corrected chi connectivity index (χ2v) is 5.03. The van der Waals surface area contributed by atoms with Crippen LogP contribution in [-0.2, 0) is 7.05 Å². The first-order valence-electron chi connectivity index (χ1n) is 6.72. The number of nitro groups is 1. The normalized spacial score (nSPS) is 12.0. The Labute approximate surface area is 127 Å². The number of hydrogen-bond donors (Lipinski definition) is 2. The van der Waals surface area contributed by atoms with E-state index in [-0.39, 0.29) is 17.8 Å². The van der Waals surface area contributed by atoms with Gasteiger partial charge in [0.25, 0.3) is 11.6 Å². The molecule has 0 fully saturated rings. The van der Waals surface area contributed by atoms with Gasteiger partial charge in [-0.25, -0.2) is 0 Å². The van der Waals surface area contributed by atoms with Crippen molar-refractivity contribution in [2.75, 3.05) is 6.54 Å². The third-order valence-corrected chi connectivity index (χ3v) is 3.45. The van der Waals surface area contributed by atoms with Crippen molar-refractivity contribution in [2.24, 2.45) is 7.05 Å². The molecular weight excluding hydrogens is 286 g/mol. The molecule has 1 amide bonds. The highest BCUT2D eigenvalue weighted by molar-refractivity contribution is 5.95. The van der Waals surface area contributed by atoms with Gasteiger partial charge in [-0.2, -0.15) is 0 Å². The Bertz CT molecular complexity index is 709. The first kappa shape index (κ1) is 15.7. The number of nitro benzene ring substituents is 1. The van der Waals surface area contributed by atoms with E-state index in [0.29, 0.717) is 11.3 Å². The van der Waals surface area contributed by atoms with Crippen molar-refractivity contribution in [3.05, 3.63) is 63.5 Å². The average molecular weight is 303 g/mol. The zero-order valence-corrected chi connectivity index (χ0v) is 12.3. The van der Waals surface area contributed by atoms with Crippen LogP contribution in [-0.4, -0.2) is 27.0 Å². The number of benzene rings is 1. The minimum Gasteiger partial charge on any atom is -0.385 e. The maximum atomic E-state index is 12.0. The van der Waals surface area contributed by atoms with Crippen LogP contribution in [0.1, 0.15) is 27.7 Å². The van der Waals surface area contributed by atoms with Crippen LogP contribution >= 0.6 is 0 Å². The molecule has 1 heterocycles. The van der Waals surface area contributed by atoms with E-state index in [4.69, 9.17) is 0 Å². The minimum absolute atomic E-state index is 0.0262. The molecule has 0 saturated heterocycles. The van der Waals surface area contributed by atoms with Gasteiger partial charge >= 0.3 is 0 Å². The lowest BCUT2D eigenvalue weighted by atomic mass is 10.1. The van der Waals surface area contributed by atoms with Crippen molar-refractivity contribution in [3.63, 3.8) is 0 Å². The Kier molecular flexibility index (Phi) is 4.57. The highest BCUT2D eigenvalue weighted by Crippen LogP contribution is 2.19. The number of amides is 1. The van der Waals surface area contributed by atoms with Crippen LogP contribution in [0.4, 0.5) is 5.69 Å². The maximum Gasteiger partial charge on any atom is 0.273 e. The summed E-state index contributed by atoms with van der Waals surface area (Å²) in [6.45, 7) is 1.64. The summed E-state index contributed by atoms with van der Waals surface area (Å²) in [5.74, 6) is -0.462. The zero-order valence-electron chi connectivity index (χ0n) is 12.3. The summed E-state index contributed by atoms with van der Waals surface area (Å²) in [6.07, 6.45) is 0.952. The molecule has 116 valence electrons. The molecule has 7 heteroatoms. The summed E-state index contributed by atoms with van der Waals surface area (Å²) in [5, 5.41) is 23.5. The monoisotopic (exact) mass is 303 g/mol. The highest BCUT2D eigenvalue weighted by Gasteiger charge is 2.16. The topological polar surface area (TPSA) is 97.4 Å². The van der Waals surface area contributed by atoms with Crippen LogP contribution in [0.25, 0.3) is 0 Å². The number of carbonyl (C=O) groups excluding carboxylic acids is 1. The zero-order chi connectivity index (χ0) is 16.3. The molecule has 0 aliphatic heterocycles.